The van der Waals surface area contributed by atoms with Crippen molar-refractivity contribution in [3.63, 3.8) is 0 Å². The van der Waals surface area contributed by atoms with E-state index >= 15 is 0 Å². The van der Waals surface area contributed by atoms with E-state index < -0.39 is 5.82 Å². The quantitative estimate of drug-likeness (QED) is 0.797. The minimum Gasteiger partial charge on any atom is -0.368 e. The van der Waals surface area contributed by atoms with Crippen molar-refractivity contribution in [3.8, 4) is 0 Å². The van der Waals surface area contributed by atoms with E-state index in [1.54, 1.807) is 11.9 Å². The molecule has 1 rings (SSSR count). The van der Waals surface area contributed by atoms with Crippen LogP contribution in [0.1, 0.15) is 6.42 Å². The van der Waals surface area contributed by atoms with Crippen LogP contribution in [-0.4, -0.2) is 49.1 Å². The molecule has 0 amide bonds. The van der Waals surface area contributed by atoms with Crippen molar-refractivity contribution in [3.05, 3.63) is 12.0 Å². The van der Waals surface area contributed by atoms with Gasteiger partial charge in [0.1, 0.15) is 0 Å². The van der Waals surface area contributed by atoms with Gasteiger partial charge in [-0.3, -0.25) is 0 Å². The average Bonchev–Trinajstić information content (AvgIpc) is 2.21. The minimum absolute atomic E-state index is 0.0934. The summed E-state index contributed by atoms with van der Waals surface area (Å²) in [5, 5.41) is 0. The van der Waals surface area contributed by atoms with Crippen molar-refractivity contribution in [2.75, 3.05) is 44.9 Å². The van der Waals surface area contributed by atoms with Gasteiger partial charge < -0.3 is 15.5 Å². The molecule has 6 heteroatoms. The molecule has 1 aromatic heterocycles. The third-order valence-corrected chi connectivity index (χ3v) is 2.20. The molecule has 0 aliphatic rings. The van der Waals surface area contributed by atoms with Crippen LogP contribution in [-0.2, 0) is 0 Å². The summed E-state index contributed by atoms with van der Waals surface area (Å²) in [6.07, 6.45) is 2.03. The van der Waals surface area contributed by atoms with Crippen LogP contribution in [0.3, 0.4) is 0 Å². The summed E-state index contributed by atoms with van der Waals surface area (Å²) >= 11 is 0. The van der Waals surface area contributed by atoms with Gasteiger partial charge in [0, 0.05) is 13.6 Å². The third-order valence-electron chi connectivity index (χ3n) is 2.20. The molecule has 0 aliphatic heterocycles. The lowest BCUT2D eigenvalue weighted by atomic mass is 10.3. The van der Waals surface area contributed by atoms with Crippen LogP contribution in [0.5, 0.6) is 0 Å². The first-order valence-corrected chi connectivity index (χ1v) is 5.14. The Bertz CT molecular complexity index is 342. The Kier molecular flexibility index (Phi) is 4.42. The number of nitrogens with two attached hydrogens (primary N) is 1. The lowest BCUT2D eigenvalue weighted by molar-refractivity contribution is 0.401. The molecule has 5 nitrogen and oxygen atoms in total. The molecule has 0 fully saturated rings. The Labute approximate surface area is 95.1 Å². The van der Waals surface area contributed by atoms with Crippen molar-refractivity contribution in [2.24, 2.45) is 0 Å². The Hall–Kier alpha value is -1.43. The molecule has 0 unspecified atom stereocenters. The molecule has 0 spiro atoms. The number of nitrogen functional groups attached to an aromatic ring is 1. The van der Waals surface area contributed by atoms with Gasteiger partial charge in [-0.25, -0.2) is 9.37 Å². The van der Waals surface area contributed by atoms with E-state index in [1.807, 2.05) is 14.1 Å². The fourth-order valence-corrected chi connectivity index (χ4v) is 1.37. The van der Waals surface area contributed by atoms with Crippen LogP contribution >= 0.6 is 0 Å². The second kappa shape index (κ2) is 5.60. The summed E-state index contributed by atoms with van der Waals surface area (Å²) in [6, 6.07) is 0. The first kappa shape index (κ1) is 12.6. The number of anilines is 2. The summed E-state index contributed by atoms with van der Waals surface area (Å²) in [5.74, 6) is -0.0938. The lowest BCUT2D eigenvalue weighted by Gasteiger charge is -2.19. The van der Waals surface area contributed by atoms with Crippen molar-refractivity contribution in [1.29, 1.82) is 0 Å². The topological polar surface area (TPSA) is 58.3 Å². The highest BCUT2D eigenvalue weighted by atomic mass is 19.1. The molecule has 0 aromatic carbocycles. The fraction of sp³-hybridized carbons (Fsp3) is 0.600. The van der Waals surface area contributed by atoms with Gasteiger partial charge in [0.15, 0.2) is 11.6 Å². The van der Waals surface area contributed by atoms with E-state index in [4.69, 9.17) is 5.73 Å². The monoisotopic (exact) mass is 227 g/mol. The van der Waals surface area contributed by atoms with Gasteiger partial charge in [-0.05, 0) is 27.1 Å². The van der Waals surface area contributed by atoms with E-state index in [9.17, 15) is 4.39 Å². The van der Waals surface area contributed by atoms with Gasteiger partial charge in [-0.1, -0.05) is 0 Å². The Morgan fingerprint density at radius 3 is 2.62 bits per heavy atom. The summed E-state index contributed by atoms with van der Waals surface area (Å²) < 4.78 is 13.4. The van der Waals surface area contributed by atoms with E-state index in [1.165, 1.54) is 0 Å². The highest BCUT2D eigenvalue weighted by Crippen LogP contribution is 2.14. The molecule has 0 saturated heterocycles. The van der Waals surface area contributed by atoms with E-state index in [-0.39, 0.29) is 11.8 Å². The molecule has 0 aliphatic carbocycles. The second-order valence-electron chi connectivity index (χ2n) is 3.98. The van der Waals surface area contributed by atoms with Crippen LogP contribution in [0, 0.1) is 5.82 Å². The Morgan fingerprint density at radius 1 is 1.31 bits per heavy atom. The first-order chi connectivity index (χ1) is 7.50. The molecule has 90 valence electrons. The number of halogens is 1. The van der Waals surface area contributed by atoms with Crippen LogP contribution in [0.4, 0.5) is 16.2 Å². The molecule has 0 atom stereocenters. The highest BCUT2D eigenvalue weighted by Gasteiger charge is 2.10. The maximum Gasteiger partial charge on any atom is 0.222 e. The van der Waals surface area contributed by atoms with Crippen molar-refractivity contribution in [1.82, 2.24) is 14.9 Å². The summed E-state index contributed by atoms with van der Waals surface area (Å²) in [4.78, 5) is 11.3. The van der Waals surface area contributed by atoms with Crippen molar-refractivity contribution in [2.45, 2.75) is 6.42 Å². The smallest absolute Gasteiger partial charge is 0.222 e. The van der Waals surface area contributed by atoms with Gasteiger partial charge in [0.05, 0.1) is 6.20 Å². The molecular weight excluding hydrogens is 209 g/mol. The molecule has 0 radical (unpaired) electrons. The third kappa shape index (κ3) is 3.62. The highest BCUT2D eigenvalue weighted by molar-refractivity contribution is 5.41. The van der Waals surface area contributed by atoms with Crippen molar-refractivity contribution >= 4 is 11.8 Å². The number of aromatic nitrogens is 2. The lowest BCUT2D eigenvalue weighted by Crippen LogP contribution is -2.25. The predicted octanol–water partition coefficient (Wildman–Crippen LogP) is 0.586. The Balaban J connectivity index is 2.58. The predicted molar refractivity (Wildman–Crippen MR) is 62.8 cm³/mol. The maximum atomic E-state index is 13.4. The van der Waals surface area contributed by atoms with E-state index in [0.717, 1.165) is 25.7 Å². The SMILES string of the molecule is CN(C)CCCN(C)c1nc(N)ncc1F. The fourth-order valence-electron chi connectivity index (χ4n) is 1.37. The normalized spacial score (nSPS) is 10.8. The molecule has 1 heterocycles. The van der Waals surface area contributed by atoms with Gasteiger partial charge in [0.25, 0.3) is 0 Å². The number of rotatable bonds is 5. The molecule has 0 bridgehead atoms. The number of hydrogen-bond acceptors (Lipinski definition) is 5. The van der Waals surface area contributed by atoms with Gasteiger partial charge in [-0.15, -0.1) is 0 Å². The zero-order valence-electron chi connectivity index (χ0n) is 9.94. The van der Waals surface area contributed by atoms with E-state index in [0.29, 0.717) is 0 Å². The molecule has 16 heavy (non-hydrogen) atoms. The van der Waals surface area contributed by atoms with Crippen LogP contribution < -0.4 is 10.6 Å². The number of nitrogens with zero attached hydrogens (tertiary/aromatic N) is 4. The first-order valence-electron chi connectivity index (χ1n) is 5.14. The van der Waals surface area contributed by atoms with Gasteiger partial charge in [-0.2, -0.15) is 4.98 Å². The van der Waals surface area contributed by atoms with Gasteiger partial charge >= 0.3 is 0 Å². The summed E-state index contributed by atoms with van der Waals surface area (Å²) in [5.41, 5.74) is 5.42. The zero-order valence-corrected chi connectivity index (χ0v) is 9.94. The van der Waals surface area contributed by atoms with Gasteiger partial charge in [0.2, 0.25) is 5.95 Å². The van der Waals surface area contributed by atoms with E-state index in [2.05, 4.69) is 14.9 Å². The van der Waals surface area contributed by atoms with Crippen LogP contribution in [0.25, 0.3) is 0 Å². The summed E-state index contributed by atoms with van der Waals surface area (Å²) in [6.45, 7) is 1.68. The summed E-state index contributed by atoms with van der Waals surface area (Å²) in [7, 11) is 5.80. The minimum atomic E-state index is -0.443. The second-order valence-corrected chi connectivity index (χ2v) is 3.98. The van der Waals surface area contributed by atoms with Crippen molar-refractivity contribution < 1.29 is 4.39 Å². The molecule has 0 saturated carbocycles. The number of hydrogen-bond donors (Lipinski definition) is 1. The molecule has 2 N–H and O–H groups in total. The largest absolute Gasteiger partial charge is 0.368 e. The maximum absolute atomic E-state index is 13.4. The zero-order chi connectivity index (χ0) is 12.1. The average molecular weight is 227 g/mol. The molecule has 1 aromatic rings. The Morgan fingerprint density at radius 2 is 2.00 bits per heavy atom. The van der Waals surface area contributed by atoms with Crippen LogP contribution in [0.2, 0.25) is 0 Å². The molecular formula is C10H18FN5. The van der Waals surface area contributed by atoms with Crippen LogP contribution in [0.15, 0.2) is 6.20 Å². The standard InChI is InChI=1S/C10H18FN5/c1-15(2)5-4-6-16(3)9-8(11)7-13-10(12)14-9/h7H,4-6H2,1-3H3,(H2,12,13,14).